The van der Waals surface area contributed by atoms with Gasteiger partial charge in [0, 0.05) is 78.5 Å². The molecule has 0 spiro atoms. The average Bonchev–Trinajstić information content (AvgIpc) is 1.37. The highest BCUT2D eigenvalue weighted by Gasteiger charge is 2.51. The van der Waals surface area contributed by atoms with Crippen molar-refractivity contribution >= 4 is 80.5 Å². The number of aryl methyl sites for hydroxylation is 2. The van der Waals surface area contributed by atoms with Crippen LogP contribution in [0.5, 0.6) is 46.5 Å². The fourth-order valence-electron chi connectivity index (χ4n) is 19.8. The van der Waals surface area contributed by atoms with E-state index in [1.165, 1.54) is 26.0 Å². The fraction of sp³-hybridized carbons (Fsp3) is 0.440. The number of pyridine rings is 2. The number of amides is 2. The van der Waals surface area contributed by atoms with Crippen molar-refractivity contribution in [1.82, 2.24) is 49.5 Å². The lowest BCUT2D eigenvalue weighted by molar-refractivity contribution is -0.138. The Labute approximate surface area is 793 Å². The molecule has 12 heterocycles. The topological polar surface area (TPSA) is 230 Å². The fourth-order valence-corrected chi connectivity index (χ4v) is 20.5. The number of halogens is 10. The summed E-state index contributed by atoms with van der Waals surface area (Å²) in [6.07, 6.45) is -5.99. The van der Waals surface area contributed by atoms with Crippen molar-refractivity contribution in [3.8, 4) is 69.0 Å². The molecule has 720 valence electrons. The van der Waals surface area contributed by atoms with Crippen LogP contribution in [0.25, 0.3) is 44.3 Å². The number of piperazine rings is 2. The standard InChI is InChI=1S/2C50H54ClF4N7O6/c2*1-29-22-49(17-8-18-61(49)23-29)28-67-46-57-43-38-44(66-27-33-26-59(47(63)68-48(3,4)5)19-20-62(33)45(38)58-46)40(51)37(41(43)52)42-39(50(53,54)55)30(2)21-36(56-42)60(24-31-9-13-34(64-6)14-10-31)25-32-11-15-35(65-7)16-12-32/h2*9-16,21,33H,1,8,17-20,22-28H2,2-7H3/t2*33-,49+/m11/s1. The summed E-state index contributed by atoms with van der Waals surface area (Å²) in [6, 6.07) is 30.4. The summed E-state index contributed by atoms with van der Waals surface area (Å²) in [6.45, 7) is 27.2. The molecule has 0 aliphatic carbocycles. The molecule has 0 bridgehead atoms. The number of carbonyl (C=O) groups is 2. The minimum absolute atomic E-state index is 0.0637. The van der Waals surface area contributed by atoms with E-state index in [1.54, 1.807) is 128 Å². The predicted octanol–water partition coefficient (Wildman–Crippen LogP) is 20.1. The van der Waals surface area contributed by atoms with Crippen LogP contribution in [0.1, 0.15) is 125 Å². The number of carbonyl (C=O) groups excluding carboxylic acids is 2. The third-order valence-electron chi connectivity index (χ3n) is 26.2. The number of ether oxygens (including phenoxy) is 10. The number of benzene rings is 6. The van der Waals surface area contributed by atoms with Gasteiger partial charge in [-0.2, -0.15) is 46.3 Å². The first-order chi connectivity index (χ1) is 64.7. The molecule has 6 saturated heterocycles. The van der Waals surface area contributed by atoms with Gasteiger partial charge < -0.3 is 76.8 Å². The summed E-state index contributed by atoms with van der Waals surface area (Å²) >= 11 is 14.5. The second kappa shape index (κ2) is 37.7. The van der Waals surface area contributed by atoms with Crippen LogP contribution in [0, 0.1) is 25.5 Å². The molecule has 0 unspecified atom stereocenters. The van der Waals surface area contributed by atoms with E-state index in [9.17, 15) is 9.59 Å². The molecule has 36 heteroatoms. The van der Waals surface area contributed by atoms with Gasteiger partial charge in [-0.25, -0.2) is 28.3 Å². The zero-order valence-corrected chi connectivity index (χ0v) is 79.4. The van der Waals surface area contributed by atoms with Crippen LogP contribution in [0.2, 0.25) is 10.0 Å². The number of alkyl halides is 6. The highest BCUT2D eigenvalue weighted by Crippen LogP contribution is 2.55. The van der Waals surface area contributed by atoms with Crippen LogP contribution in [-0.4, -0.2) is 216 Å². The molecule has 4 atom stereocenters. The monoisotopic (exact) mass is 1920 g/mol. The van der Waals surface area contributed by atoms with Crippen molar-refractivity contribution in [2.75, 3.05) is 140 Å². The van der Waals surface area contributed by atoms with Gasteiger partial charge in [-0.05, 0) is 201 Å². The van der Waals surface area contributed by atoms with Gasteiger partial charge in [-0.1, -0.05) is 96.0 Å². The normalized spacial score (nSPS) is 19.3. The average molecular weight is 1920 g/mol. The molecule has 6 aromatic carbocycles. The van der Waals surface area contributed by atoms with Crippen LogP contribution in [-0.2, 0) is 48.0 Å². The first-order valence-corrected chi connectivity index (χ1v) is 45.9. The van der Waals surface area contributed by atoms with Crippen molar-refractivity contribution in [1.29, 1.82) is 0 Å². The molecule has 8 aliphatic rings. The van der Waals surface area contributed by atoms with Crippen LogP contribution in [0.15, 0.2) is 133 Å². The molecule has 8 aliphatic heterocycles. The Morgan fingerprint density at radius 2 is 0.816 bits per heavy atom. The summed E-state index contributed by atoms with van der Waals surface area (Å²) < 4.78 is 188. The summed E-state index contributed by atoms with van der Waals surface area (Å²) in [5, 5.41) is -0.745. The second-order valence-corrected chi connectivity index (χ2v) is 38.8. The lowest BCUT2D eigenvalue weighted by Crippen LogP contribution is -2.57. The third-order valence-corrected chi connectivity index (χ3v) is 26.9. The minimum Gasteiger partial charge on any atom is -0.497 e. The molecule has 18 rings (SSSR count). The molecule has 26 nitrogen and oxygen atoms in total. The summed E-state index contributed by atoms with van der Waals surface area (Å²) in [4.78, 5) is 70.3. The molecule has 0 N–H and O–H groups in total. The highest BCUT2D eigenvalue weighted by atomic mass is 35.5. The van der Waals surface area contributed by atoms with Crippen LogP contribution < -0.4 is 57.5 Å². The first kappa shape index (κ1) is 95.6. The molecule has 4 aromatic heterocycles. The Balaban J connectivity index is 0.000000189. The quantitative estimate of drug-likeness (QED) is 0.0453. The SMILES string of the molecule is C=C1CN2CCC[C@@]2(COc2nc3c4c(c(Cl)c(-c5nc(N(Cc6ccc(OC)cc6)Cc6ccc(OC)cc6)cc(C)c5C(F)(F)F)c(F)c4n2)OC[C@H]2CN(C(=O)OC(C)(C)C)CCN32)C1.C=C1CN2CCC[C@@]2(COc2nc3c4c(c(Cl)c(-c5nc(N(Cc6ccc(OC)cc6)Cc6ccc(OC)cc6)cc(C)c5C(F)(F)F)c(F)c4n2)OC[C@H]2CN(C(=O)OC(C)(C)C)CCN32)C1. The molecular formula is C100H108Cl2F8N14O12. The Bertz CT molecular complexity index is 5780. The number of anilines is 4. The summed E-state index contributed by atoms with van der Waals surface area (Å²) in [5.41, 5.74) is -3.03. The van der Waals surface area contributed by atoms with E-state index >= 15 is 35.1 Å². The maximum Gasteiger partial charge on any atom is 0.418 e. The van der Waals surface area contributed by atoms with Crippen LogP contribution >= 0.6 is 23.2 Å². The minimum atomic E-state index is -5.00. The second-order valence-electron chi connectivity index (χ2n) is 38.0. The Kier molecular flexibility index (Phi) is 26.5. The van der Waals surface area contributed by atoms with Gasteiger partial charge in [0.15, 0.2) is 23.1 Å². The zero-order chi connectivity index (χ0) is 96.6. The zero-order valence-electron chi connectivity index (χ0n) is 77.9. The Morgan fingerprint density at radius 1 is 0.485 bits per heavy atom. The van der Waals surface area contributed by atoms with E-state index in [-0.39, 0.29) is 183 Å². The Hall–Kier alpha value is -12.1. The van der Waals surface area contributed by atoms with Crippen molar-refractivity contribution in [2.45, 2.75) is 167 Å². The molecule has 0 radical (unpaired) electrons. The van der Waals surface area contributed by atoms with E-state index in [2.05, 4.69) is 32.9 Å². The maximum absolute atomic E-state index is 18.0. The van der Waals surface area contributed by atoms with E-state index in [4.69, 9.17) is 90.5 Å². The van der Waals surface area contributed by atoms with E-state index in [0.717, 1.165) is 85.3 Å². The summed E-state index contributed by atoms with van der Waals surface area (Å²) in [7, 11) is 6.23. The predicted molar refractivity (Wildman–Crippen MR) is 501 cm³/mol. The van der Waals surface area contributed by atoms with Crippen LogP contribution in [0.4, 0.5) is 68.0 Å². The lowest BCUT2D eigenvalue weighted by atomic mass is 9.94. The first-order valence-electron chi connectivity index (χ1n) is 45.2. The maximum atomic E-state index is 18.0. The highest BCUT2D eigenvalue weighted by molar-refractivity contribution is 6.37. The van der Waals surface area contributed by atoms with Crippen molar-refractivity contribution < 1.29 is 92.1 Å². The van der Waals surface area contributed by atoms with Crippen molar-refractivity contribution in [3.63, 3.8) is 0 Å². The van der Waals surface area contributed by atoms with Crippen molar-refractivity contribution in [3.05, 3.63) is 200 Å². The molecule has 136 heavy (non-hydrogen) atoms. The van der Waals surface area contributed by atoms with Gasteiger partial charge >= 0.3 is 36.6 Å². The number of hydrogen-bond donors (Lipinski definition) is 0. The largest absolute Gasteiger partial charge is 0.497 e. The molecule has 0 saturated carbocycles. The smallest absolute Gasteiger partial charge is 0.418 e. The number of rotatable bonds is 22. The lowest BCUT2D eigenvalue weighted by Gasteiger charge is -2.41. The van der Waals surface area contributed by atoms with Gasteiger partial charge in [0.2, 0.25) is 0 Å². The van der Waals surface area contributed by atoms with Gasteiger partial charge in [0.25, 0.3) is 0 Å². The number of nitrogens with zero attached hydrogens (tertiary/aromatic N) is 14. The third kappa shape index (κ3) is 19.5. The molecular weight excluding hydrogens is 1810 g/mol. The summed E-state index contributed by atoms with van der Waals surface area (Å²) in [5.74, 6) is 0.679. The molecule has 10 aromatic rings. The van der Waals surface area contributed by atoms with E-state index < -0.39 is 103 Å². The van der Waals surface area contributed by atoms with Gasteiger partial charge in [-0.15, -0.1) is 0 Å². The number of hydrogen-bond acceptors (Lipinski definition) is 24. The van der Waals surface area contributed by atoms with Crippen LogP contribution in [0.3, 0.4) is 0 Å². The number of fused-ring (bicyclic) bond motifs is 6. The van der Waals surface area contributed by atoms with Gasteiger partial charge in [0.05, 0.1) is 106 Å². The van der Waals surface area contributed by atoms with Gasteiger partial charge in [0.1, 0.15) is 94.9 Å². The van der Waals surface area contributed by atoms with E-state index in [1.807, 2.05) is 68.1 Å². The van der Waals surface area contributed by atoms with Gasteiger partial charge in [-0.3, -0.25) is 9.80 Å². The molecule has 2 amide bonds. The number of aromatic nitrogens is 6. The molecule has 6 fully saturated rings. The number of methoxy groups -OCH3 is 4. The Morgan fingerprint density at radius 3 is 1.12 bits per heavy atom. The van der Waals surface area contributed by atoms with E-state index in [0.29, 0.717) is 35.8 Å². The van der Waals surface area contributed by atoms with Crippen molar-refractivity contribution in [2.24, 2.45) is 0 Å².